The molecule has 1 atom stereocenters. The quantitative estimate of drug-likeness (QED) is 0.411. The van der Waals surface area contributed by atoms with Crippen LogP contribution in [0.4, 0.5) is 10.5 Å². The second-order valence-electron chi connectivity index (χ2n) is 8.65. The summed E-state index contributed by atoms with van der Waals surface area (Å²) in [5.74, 6) is -1.72. The molecule has 180 valence electrons. The lowest BCUT2D eigenvalue weighted by atomic mass is 9.98. The number of carbonyl (C=O) groups excluding carboxylic acids is 2. The van der Waals surface area contributed by atoms with Gasteiger partial charge in [-0.3, -0.25) is 4.79 Å². The van der Waals surface area contributed by atoms with Crippen molar-refractivity contribution in [1.82, 2.24) is 5.32 Å². The fourth-order valence-electron chi connectivity index (χ4n) is 4.50. The van der Waals surface area contributed by atoms with Gasteiger partial charge in [-0.15, -0.1) is 0 Å². The van der Waals surface area contributed by atoms with E-state index in [0.29, 0.717) is 12.8 Å². The number of anilines is 1. The van der Waals surface area contributed by atoms with E-state index >= 15 is 0 Å². The van der Waals surface area contributed by atoms with Gasteiger partial charge in [-0.1, -0.05) is 73.5 Å². The van der Waals surface area contributed by atoms with Crippen LogP contribution in [0, 0.1) is 6.92 Å². The SMILES string of the molecule is CCC[C@@H](NC(=O)OCC1c2ccccc2-c2ccccc21)C(=O)Nc1ccc(C)cc1C(=O)O. The van der Waals surface area contributed by atoms with E-state index in [0.717, 1.165) is 27.8 Å². The Morgan fingerprint density at radius 2 is 1.60 bits per heavy atom. The van der Waals surface area contributed by atoms with Gasteiger partial charge < -0.3 is 20.5 Å². The average Bonchev–Trinajstić information content (AvgIpc) is 3.17. The number of rotatable bonds is 8. The molecule has 4 rings (SSSR count). The molecule has 0 heterocycles. The van der Waals surface area contributed by atoms with Crippen molar-refractivity contribution in [3.05, 3.63) is 89.0 Å². The van der Waals surface area contributed by atoms with Crippen LogP contribution in [-0.4, -0.2) is 35.7 Å². The van der Waals surface area contributed by atoms with Gasteiger partial charge in [-0.05, 0) is 47.7 Å². The van der Waals surface area contributed by atoms with E-state index < -0.39 is 24.0 Å². The van der Waals surface area contributed by atoms with Crippen molar-refractivity contribution in [2.75, 3.05) is 11.9 Å². The minimum Gasteiger partial charge on any atom is -0.478 e. The molecule has 0 saturated carbocycles. The van der Waals surface area contributed by atoms with E-state index in [4.69, 9.17) is 4.74 Å². The summed E-state index contributed by atoms with van der Waals surface area (Å²) in [6.07, 6.45) is 0.328. The predicted molar refractivity (Wildman–Crippen MR) is 134 cm³/mol. The summed E-state index contributed by atoms with van der Waals surface area (Å²) in [6.45, 7) is 3.81. The zero-order valence-electron chi connectivity index (χ0n) is 19.7. The molecule has 0 saturated heterocycles. The van der Waals surface area contributed by atoms with Gasteiger partial charge in [0, 0.05) is 5.92 Å². The Morgan fingerprint density at radius 3 is 2.20 bits per heavy atom. The second-order valence-corrected chi connectivity index (χ2v) is 8.65. The molecule has 1 aliphatic rings. The number of benzene rings is 3. The predicted octanol–water partition coefficient (Wildman–Crippen LogP) is 5.34. The number of aryl methyl sites for hydroxylation is 1. The second kappa shape index (κ2) is 10.4. The zero-order valence-corrected chi connectivity index (χ0v) is 19.7. The van der Waals surface area contributed by atoms with Crippen molar-refractivity contribution in [3.8, 4) is 11.1 Å². The van der Waals surface area contributed by atoms with E-state index in [-0.39, 0.29) is 23.8 Å². The number of carboxylic acids is 1. The summed E-state index contributed by atoms with van der Waals surface area (Å²) >= 11 is 0. The lowest BCUT2D eigenvalue weighted by Gasteiger charge is -2.20. The van der Waals surface area contributed by atoms with Crippen LogP contribution in [0.5, 0.6) is 0 Å². The topological polar surface area (TPSA) is 105 Å². The molecule has 3 N–H and O–H groups in total. The third kappa shape index (κ3) is 5.19. The van der Waals surface area contributed by atoms with Crippen LogP contribution < -0.4 is 10.6 Å². The van der Waals surface area contributed by atoms with Gasteiger partial charge in [0.25, 0.3) is 0 Å². The Hall–Kier alpha value is -4.13. The van der Waals surface area contributed by atoms with Gasteiger partial charge in [0.1, 0.15) is 12.6 Å². The van der Waals surface area contributed by atoms with E-state index in [1.165, 1.54) is 6.07 Å². The van der Waals surface area contributed by atoms with Crippen molar-refractivity contribution >= 4 is 23.7 Å². The Morgan fingerprint density at radius 1 is 0.971 bits per heavy atom. The number of ether oxygens (including phenoxy) is 1. The molecule has 2 amide bonds. The number of carbonyl (C=O) groups is 3. The van der Waals surface area contributed by atoms with Gasteiger partial charge in [-0.25, -0.2) is 9.59 Å². The van der Waals surface area contributed by atoms with Gasteiger partial charge in [0.15, 0.2) is 0 Å². The maximum Gasteiger partial charge on any atom is 0.407 e. The molecule has 0 aromatic heterocycles. The number of nitrogens with one attached hydrogen (secondary N) is 2. The summed E-state index contributed by atoms with van der Waals surface area (Å²) in [6, 6.07) is 20.0. The third-order valence-corrected chi connectivity index (χ3v) is 6.19. The van der Waals surface area contributed by atoms with Crippen molar-refractivity contribution < 1.29 is 24.2 Å². The van der Waals surface area contributed by atoms with Crippen LogP contribution >= 0.6 is 0 Å². The largest absolute Gasteiger partial charge is 0.478 e. The lowest BCUT2D eigenvalue weighted by molar-refractivity contribution is -0.118. The number of hydrogen-bond acceptors (Lipinski definition) is 4. The average molecular weight is 473 g/mol. The van der Waals surface area contributed by atoms with Gasteiger partial charge in [0.2, 0.25) is 5.91 Å². The minimum absolute atomic E-state index is 0.00487. The van der Waals surface area contributed by atoms with Crippen molar-refractivity contribution in [2.24, 2.45) is 0 Å². The van der Waals surface area contributed by atoms with Crippen molar-refractivity contribution in [2.45, 2.75) is 38.6 Å². The Kier molecular flexibility index (Phi) is 7.15. The van der Waals surface area contributed by atoms with Crippen molar-refractivity contribution in [1.29, 1.82) is 0 Å². The Labute approximate surface area is 204 Å². The molecule has 1 aliphatic carbocycles. The number of hydrogen-bond donors (Lipinski definition) is 3. The van der Waals surface area contributed by atoms with E-state index in [2.05, 4.69) is 22.8 Å². The first-order chi connectivity index (χ1) is 16.9. The Bertz CT molecular complexity index is 1220. The highest BCUT2D eigenvalue weighted by Gasteiger charge is 2.30. The summed E-state index contributed by atoms with van der Waals surface area (Å²) in [4.78, 5) is 37.2. The van der Waals surface area contributed by atoms with Crippen LogP contribution in [-0.2, 0) is 9.53 Å². The zero-order chi connectivity index (χ0) is 24.9. The first kappa shape index (κ1) is 24.0. The molecule has 0 spiro atoms. The summed E-state index contributed by atoms with van der Waals surface area (Å²) in [5.41, 5.74) is 5.41. The number of alkyl carbamates (subject to hydrolysis) is 1. The number of fused-ring (bicyclic) bond motifs is 3. The normalized spacial score (nSPS) is 12.9. The maximum atomic E-state index is 12.9. The number of amides is 2. The smallest absolute Gasteiger partial charge is 0.407 e. The minimum atomic E-state index is -1.14. The summed E-state index contributed by atoms with van der Waals surface area (Å²) < 4.78 is 5.57. The molecule has 7 nitrogen and oxygen atoms in total. The van der Waals surface area contributed by atoms with Crippen LogP contribution in [0.1, 0.15) is 52.7 Å². The van der Waals surface area contributed by atoms with E-state index in [9.17, 15) is 19.5 Å². The molecule has 0 aliphatic heterocycles. The molecule has 0 fully saturated rings. The highest BCUT2D eigenvalue weighted by Crippen LogP contribution is 2.44. The third-order valence-electron chi connectivity index (χ3n) is 6.19. The molecule has 7 heteroatoms. The van der Waals surface area contributed by atoms with Crippen LogP contribution in [0.3, 0.4) is 0 Å². The van der Waals surface area contributed by atoms with Gasteiger partial charge in [0.05, 0.1) is 11.3 Å². The molecule has 3 aromatic carbocycles. The number of carboxylic acid groups (broad SMARTS) is 1. The molecular formula is C28H28N2O5. The van der Waals surface area contributed by atoms with Gasteiger partial charge in [-0.2, -0.15) is 0 Å². The first-order valence-corrected chi connectivity index (χ1v) is 11.6. The first-order valence-electron chi connectivity index (χ1n) is 11.6. The van der Waals surface area contributed by atoms with Crippen molar-refractivity contribution in [3.63, 3.8) is 0 Å². The maximum absolute atomic E-state index is 12.9. The van der Waals surface area contributed by atoms with Crippen LogP contribution in [0.2, 0.25) is 0 Å². The lowest BCUT2D eigenvalue weighted by Crippen LogP contribution is -2.44. The summed E-state index contributed by atoms with van der Waals surface area (Å²) in [5, 5.41) is 14.8. The van der Waals surface area contributed by atoms with E-state index in [1.807, 2.05) is 43.3 Å². The molecule has 35 heavy (non-hydrogen) atoms. The summed E-state index contributed by atoms with van der Waals surface area (Å²) in [7, 11) is 0. The fraction of sp³-hybridized carbons (Fsp3) is 0.250. The molecular weight excluding hydrogens is 444 g/mol. The molecule has 0 bridgehead atoms. The van der Waals surface area contributed by atoms with E-state index in [1.54, 1.807) is 19.1 Å². The number of aromatic carboxylic acids is 1. The molecule has 3 aromatic rings. The van der Waals surface area contributed by atoms with Crippen LogP contribution in [0.25, 0.3) is 11.1 Å². The van der Waals surface area contributed by atoms with Gasteiger partial charge >= 0.3 is 12.1 Å². The Balaban J connectivity index is 1.43. The fourth-order valence-corrected chi connectivity index (χ4v) is 4.50. The molecule has 0 radical (unpaired) electrons. The highest BCUT2D eigenvalue weighted by atomic mass is 16.5. The molecule has 0 unspecified atom stereocenters. The van der Waals surface area contributed by atoms with Crippen LogP contribution in [0.15, 0.2) is 66.7 Å². The standard InChI is InChI=1S/C28H28N2O5/c1-3-8-25(26(31)29-24-14-13-17(2)15-22(24)27(32)33)30-28(34)35-16-23-20-11-6-4-9-18(20)19-10-5-7-12-21(19)23/h4-7,9-15,23,25H,3,8,16H2,1-2H3,(H,29,31)(H,30,34)(H,32,33)/t25-/m1/s1. The highest BCUT2D eigenvalue weighted by molar-refractivity contribution is 6.03. The monoisotopic (exact) mass is 472 g/mol.